The van der Waals surface area contributed by atoms with Gasteiger partial charge in [0.25, 0.3) is 0 Å². The van der Waals surface area contributed by atoms with Crippen LogP contribution in [0, 0.1) is 12.3 Å². The predicted molar refractivity (Wildman–Crippen MR) is 58.2 cm³/mol. The molecule has 0 aromatic heterocycles. The molecule has 13 heavy (non-hydrogen) atoms. The van der Waals surface area contributed by atoms with Crippen molar-refractivity contribution in [3.63, 3.8) is 0 Å². The Bertz CT molecular complexity index is 324. The second-order valence-corrected chi connectivity index (χ2v) is 3.07. The number of rotatable bonds is 3. The third kappa shape index (κ3) is 2.55. The Kier molecular flexibility index (Phi) is 3.44. The first-order valence-electron chi connectivity index (χ1n) is 4.54. The van der Waals surface area contributed by atoms with E-state index in [0.717, 1.165) is 12.0 Å². The molecule has 0 atom stereocenters. The summed E-state index contributed by atoms with van der Waals surface area (Å²) in [4.78, 5) is 0. The number of aryl methyl sites for hydroxylation is 1. The summed E-state index contributed by atoms with van der Waals surface area (Å²) in [6.07, 6.45) is 4.41. The Hall–Kier alpha value is -1.37. The third-order valence-corrected chi connectivity index (χ3v) is 2.12. The molecule has 1 N–H and O–H groups in total. The van der Waals surface area contributed by atoms with Crippen LogP contribution in [0.15, 0.2) is 29.8 Å². The first kappa shape index (κ1) is 9.72. The van der Waals surface area contributed by atoms with E-state index in [2.05, 4.69) is 32.1 Å². The minimum absolute atomic E-state index is 0.915. The van der Waals surface area contributed by atoms with Crippen molar-refractivity contribution in [2.24, 2.45) is 0 Å². The summed E-state index contributed by atoms with van der Waals surface area (Å²) >= 11 is 0. The largest absolute Gasteiger partial charge is 0.308 e. The minimum atomic E-state index is 0.915. The Balaban J connectivity index is 3.02. The molecule has 0 aliphatic heterocycles. The van der Waals surface area contributed by atoms with E-state index in [1.54, 1.807) is 0 Å². The fourth-order valence-electron chi connectivity index (χ4n) is 1.19. The molecular weight excluding hydrogens is 158 g/mol. The van der Waals surface area contributed by atoms with Crippen LogP contribution in [0.25, 0.3) is 6.08 Å². The van der Waals surface area contributed by atoms with Gasteiger partial charge in [0.1, 0.15) is 0 Å². The topological polar surface area (TPSA) is 23.9 Å². The fourth-order valence-corrected chi connectivity index (χ4v) is 1.19. The molecule has 0 radical (unpaired) electrons. The van der Waals surface area contributed by atoms with Gasteiger partial charge in [0.15, 0.2) is 0 Å². The van der Waals surface area contributed by atoms with Crippen molar-refractivity contribution in [3.05, 3.63) is 41.0 Å². The summed E-state index contributed by atoms with van der Waals surface area (Å²) in [5.74, 6) is 0. The second kappa shape index (κ2) is 4.61. The van der Waals surface area contributed by atoms with Crippen molar-refractivity contribution in [1.82, 2.24) is 0 Å². The molecule has 0 saturated heterocycles. The van der Waals surface area contributed by atoms with Crippen LogP contribution in [0.5, 0.6) is 0 Å². The molecule has 0 aliphatic rings. The number of benzene rings is 1. The van der Waals surface area contributed by atoms with Crippen molar-refractivity contribution in [1.29, 1.82) is 5.41 Å². The second-order valence-electron chi connectivity index (χ2n) is 3.07. The van der Waals surface area contributed by atoms with E-state index in [-0.39, 0.29) is 0 Å². The van der Waals surface area contributed by atoms with Crippen LogP contribution in [0.2, 0.25) is 0 Å². The monoisotopic (exact) mass is 173 g/mol. The van der Waals surface area contributed by atoms with Crippen molar-refractivity contribution in [2.75, 3.05) is 0 Å². The molecule has 0 saturated carbocycles. The Morgan fingerprint density at radius 2 is 2.08 bits per heavy atom. The normalized spacial score (nSPS) is 11.4. The molecular formula is C12H15N. The third-order valence-electron chi connectivity index (χ3n) is 2.12. The van der Waals surface area contributed by atoms with Crippen LogP contribution in [-0.2, 0) is 0 Å². The molecule has 1 heteroatoms. The van der Waals surface area contributed by atoms with Gasteiger partial charge in [-0.15, -0.1) is 0 Å². The molecule has 1 rings (SSSR count). The van der Waals surface area contributed by atoms with E-state index >= 15 is 0 Å². The molecule has 0 heterocycles. The lowest BCUT2D eigenvalue weighted by Gasteiger charge is -2.00. The van der Waals surface area contributed by atoms with Crippen LogP contribution in [0.4, 0.5) is 0 Å². The molecule has 1 aromatic carbocycles. The zero-order valence-corrected chi connectivity index (χ0v) is 8.17. The van der Waals surface area contributed by atoms with Gasteiger partial charge in [-0.3, -0.25) is 0 Å². The van der Waals surface area contributed by atoms with Gasteiger partial charge < -0.3 is 5.41 Å². The quantitative estimate of drug-likeness (QED) is 0.677. The highest BCUT2D eigenvalue weighted by molar-refractivity contribution is 5.83. The lowest BCUT2D eigenvalue weighted by atomic mass is 10.1. The Labute approximate surface area is 79.6 Å². The molecule has 0 unspecified atom stereocenters. The van der Waals surface area contributed by atoms with Crippen LogP contribution in [-0.4, -0.2) is 6.21 Å². The average molecular weight is 173 g/mol. The molecule has 1 aromatic rings. The predicted octanol–water partition coefficient (Wildman–Crippen LogP) is 3.44. The van der Waals surface area contributed by atoms with E-state index in [0.29, 0.717) is 0 Å². The standard InChI is InChI=1S/C12H15N/c1-3-11(9-13)8-12-7-5-4-6-10(12)2/h4-9,13H,3H2,1-2H3/b11-8-,13-9?. The Morgan fingerprint density at radius 3 is 2.62 bits per heavy atom. The molecule has 1 nitrogen and oxygen atoms in total. The van der Waals surface area contributed by atoms with Crippen LogP contribution in [0.3, 0.4) is 0 Å². The first-order valence-corrected chi connectivity index (χ1v) is 4.54. The minimum Gasteiger partial charge on any atom is -0.308 e. The van der Waals surface area contributed by atoms with Gasteiger partial charge in [-0.25, -0.2) is 0 Å². The van der Waals surface area contributed by atoms with Gasteiger partial charge in [-0.2, -0.15) is 0 Å². The maximum absolute atomic E-state index is 7.19. The van der Waals surface area contributed by atoms with E-state index in [1.807, 2.05) is 12.1 Å². The zero-order chi connectivity index (χ0) is 9.68. The number of hydrogen-bond acceptors (Lipinski definition) is 1. The van der Waals surface area contributed by atoms with Crippen molar-refractivity contribution in [3.8, 4) is 0 Å². The number of hydrogen-bond donors (Lipinski definition) is 1. The van der Waals surface area contributed by atoms with Gasteiger partial charge in [-0.05, 0) is 36.1 Å². The van der Waals surface area contributed by atoms with Crippen LogP contribution in [0.1, 0.15) is 24.5 Å². The van der Waals surface area contributed by atoms with Gasteiger partial charge in [0.05, 0.1) is 0 Å². The first-order chi connectivity index (χ1) is 6.27. The summed E-state index contributed by atoms with van der Waals surface area (Å²) in [5.41, 5.74) is 3.53. The Morgan fingerprint density at radius 1 is 1.38 bits per heavy atom. The van der Waals surface area contributed by atoms with E-state index < -0.39 is 0 Å². The van der Waals surface area contributed by atoms with Gasteiger partial charge in [0, 0.05) is 6.21 Å². The van der Waals surface area contributed by atoms with Crippen molar-refractivity contribution >= 4 is 12.3 Å². The highest BCUT2D eigenvalue weighted by Crippen LogP contribution is 2.12. The maximum Gasteiger partial charge on any atom is 0.0209 e. The lowest BCUT2D eigenvalue weighted by Crippen LogP contribution is -1.84. The molecule has 0 aliphatic carbocycles. The molecule has 0 bridgehead atoms. The van der Waals surface area contributed by atoms with E-state index in [1.165, 1.54) is 17.3 Å². The summed E-state index contributed by atoms with van der Waals surface area (Å²) in [6, 6.07) is 8.22. The van der Waals surface area contributed by atoms with Crippen molar-refractivity contribution in [2.45, 2.75) is 20.3 Å². The highest BCUT2D eigenvalue weighted by Gasteiger charge is 1.94. The van der Waals surface area contributed by atoms with Crippen LogP contribution >= 0.6 is 0 Å². The van der Waals surface area contributed by atoms with Crippen molar-refractivity contribution < 1.29 is 0 Å². The van der Waals surface area contributed by atoms with Gasteiger partial charge in [0.2, 0.25) is 0 Å². The van der Waals surface area contributed by atoms with Crippen LogP contribution < -0.4 is 0 Å². The highest BCUT2D eigenvalue weighted by atomic mass is 14.3. The molecule has 0 spiro atoms. The lowest BCUT2D eigenvalue weighted by molar-refractivity contribution is 1.18. The molecule has 0 fully saturated rings. The van der Waals surface area contributed by atoms with E-state index in [9.17, 15) is 0 Å². The molecule has 0 amide bonds. The summed E-state index contributed by atoms with van der Waals surface area (Å²) in [7, 11) is 0. The SMILES string of the molecule is CC/C(C=N)=C/c1ccccc1C. The molecule has 68 valence electrons. The maximum atomic E-state index is 7.19. The summed E-state index contributed by atoms with van der Waals surface area (Å²) < 4.78 is 0. The van der Waals surface area contributed by atoms with Gasteiger partial charge >= 0.3 is 0 Å². The number of nitrogens with one attached hydrogen (secondary N) is 1. The van der Waals surface area contributed by atoms with E-state index in [4.69, 9.17) is 5.41 Å². The smallest absolute Gasteiger partial charge is 0.0209 e. The fraction of sp³-hybridized carbons (Fsp3) is 0.250. The average Bonchev–Trinajstić information content (AvgIpc) is 2.17. The summed E-state index contributed by atoms with van der Waals surface area (Å²) in [5, 5.41) is 7.19. The number of allylic oxidation sites excluding steroid dienone is 1. The summed E-state index contributed by atoms with van der Waals surface area (Å²) in [6.45, 7) is 4.15. The van der Waals surface area contributed by atoms with Gasteiger partial charge in [-0.1, -0.05) is 31.2 Å². The zero-order valence-electron chi connectivity index (χ0n) is 8.17.